The molecule has 1 aromatic heterocycles. The van der Waals surface area contributed by atoms with E-state index in [4.69, 9.17) is 9.15 Å². The van der Waals surface area contributed by atoms with Gasteiger partial charge >= 0.3 is 0 Å². The van der Waals surface area contributed by atoms with Gasteiger partial charge in [0.15, 0.2) is 0 Å². The average Bonchev–Trinajstić information content (AvgIpc) is 2.65. The summed E-state index contributed by atoms with van der Waals surface area (Å²) in [6.07, 6.45) is 2.73. The van der Waals surface area contributed by atoms with Gasteiger partial charge in [-0.25, -0.2) is 0 Å². The van der Waals surface area contributed by atoms with Gasteiger partial charge in [-0.2, -0.15) is 0 Å². The Morgan fingerprint density at radius 1 is 1.62 bits per heavy atom. The van der Waals surface area contributed by atoms with E-state index < -0.39 is 0 Å². The van der Waals surface area contributed by atoms with Crippen molar-refractivity contribution in [3.63, 3.8) is 0 Å². The molecule has 1 N–H and O–H groups in total. The van der Waals surface area contributed by atoms with Gasteiger partial charge in [-0.1, -0.05) is 0 Å². The predicted molar refractivity (Wildman–Crippen MR) is 51.6 cm³/mol. The van der Waals surface area contributed by atoms with E-state index in [1.165, 1.54) is 0 Å². The van der Waals surface area contributed by atoms with Gasteiger partial charge in [0, 0.05) is 13.7 Å². The highest BCUT2D eigenvalue weighted by Gasteiger charge is 2.05. The number of hydrogen-bond acceptors (Lipinski definition) is 3. The number of ether oxygens (including phenoxy) is 1. The standard InChI is InChI=1S/C10H17NO2/c1-9(10-5-3-8-13-10)11-6-4-7-12-2/h3,5,8-9,11H,4,6-7H2,1-2H3/t9-/m0/s1. The molecular formula is C10H17NO2. The van der Waals surface area contributed by atoms with Crippen molar-refractivity contribution in [2.75, 3.05) is 20.3 Å². The number of nitrogens with one attached hydrogen (secondary N) is 1. The minimum atomic E-state index is 0.284. The van der Waals surface area contributed by atoms with Crippen LogP contribution in [0.25, 0.3) is 0 Å². The van der Waals surface area contributed by atoms with Crippen molar-refractivity contribution in [3.05, 3.63) is 24.2 Å². The Hall–Kier alpha value is -0.800. The average molecular weight is 183 g/mol. The van der Waals surface area contributed by atoms with Crippen molar-refractivity contribution in [1.82, 2.24) is 5.32 Å². The first kappa shape index (κ1) is 10.3. The van der Waals surface area contributed by atoms with Crippen molar-refractivity contribution >= 4 is 0 Å². The molecule has 13 heavy (non-hydrogen) atoms. The first-order valence-corrected chi connectivity index (χ1v) is 4.60. The molecule has 0 aliphatic heterocycles. The molecule has 3 nitrogen and oxygen atoms in total. The first-order valence-electron chi connectivity index (χ1n) is 4.60. The molecule has 0 aromatic carbocycles. The van der Waals surface area contributed by atoms with Gasteiger partial charge in [0.1, 0.15) is 5.76 Å². The second-order valence-electron chi connectivity index (χ2n) is 3.04. The van der Waals surface area contributed by atoms with Gasteiger partial charge in [-0.15, -0.1) is 0 Å². The summed E-state index contributed by atoms with van der Waals surface area (Å²) in [7, 11) is 1.72. The Labute approximate surface area is 79.1 Å². The van der Waals surface area contributed by atoms with Crippen LogP contribution in [0.15, 0.2) is 22.8 Å². The third-order valence-corrected chi connectivity index (χ3v) is 1.95. The number of furan rings is 1. The summed E-state index contributed by atoms with van der Waals surface area (Å²) in [6.45, 7) is 3.85. The van der Waals surface area contributed by atoms with E-state index >= 15 is 0 Å². The maximum atomic E-state index is 5.26. The first-order chi connectivity index (χ1) is 6.34. The molecule has 1 heterocycles. The number of hydrogen-bond donors (Lipinski definition) is 1. The monoisotopic (exact) mass is 183 g/mol. The normalized spacial score (nSPS) is 13.1. The summed E-state index contributed by atoms with van der Waals surface area (Å²) in [5.74, 6) is 0.984. The van der Waals surface area contributed by atoms with Gasteiger partial charge in [-0.05, 0) is 32.0 Å². The fraction of sp³-hybridized carbons (Fsp3) is 0.600. The Kier molecular flexibility index (Phi) is 4.57. The largest absolute Gasteiger partial charge is 0.468 e. The van der Waals surface area contributed by atoms with Crippen molar-refractivity contribution in [2.45, 2.75) is 19.4 Å². The van der Waals surface area contributed by atoms with Crippen LogP contribution >= 0.6 is 0 Å². The lowest BCUT2D eigenvalue weighted by molar-refractivity contribution is 0.193. The lowest BCUT2D eigenvalue weighted by atomic mass is 10.2. The third kappa shape index (κ3) is 3.61. The molecular weight excluding hydrogens is 166 g/mol. The highest BCUT2D eigenvalue weighted by molar-refractivity contribution is 5.02. The van der Waals surface area contributed by atoms with E-state index in [1.807, 2.05) is 12.1 Å². The third-order valence-electron chi connectivity index (χ3n) is 1.95. The number of rotatable bonds is 6. The van der Waals surface area contributed by atoms with E-state index in [-0.39, 0.29) is 6.04 Å². The van der Waals surface area contributed by atoms with Crippen LogP contribution in [-0.4, -0.2) is 20.3 Å². The lowest BCUT2D eigenvalue weighted by Gasteiger charge is -2.10. The van der Waals surface area contributed by atoms with E-state index in [0.29, 0.717) is 0 Å². The molecule has 0 fully saturated rings. The Balaban J connectivity index is 2.15. The summed E-state index contributed by atoms with van der Waals surface area (Å²) in [5, 5.41) is 3.35. The molecule has 3 heteroatoms. The molecule has 74 valence electrons. The van der Waals surface area contributed by atoms with Gasteiger partial charge in [0.2, 0.25) is 0 Å². The van der Waals surface area contributed by atoms with Crippen LogP contribution < -0.4 is 5.32 Å². The van der Waals surface area contributed by atoms with Crippen molar-refractivity contribution in [1.29, 1.82) is 0 Å². The van der Waals surface area contributed by atoms with Crippen LogP contribution in [0.2, 0.25) is 0 Å². The van der Waals surface area contributed by atoms with Gasteiger partial charge in [0.05, 0.1) is 12.3 Å². The molecule has 0 amide bonds. The molecule has 1 aromatic rings. The molecule has 0 aliphatic carbocycles. The lowest BCUT2D eigenvalue weighted by Crippen LogP contribution is -2.20. The molecule has 0 spiro atoms. The minimum absolute atomic E-state index is 0.284. The van der Waals surface area contributed by atoms with Crippen LogP contribution in [0.1, 0.15) is 25.1 Å². The molecule has 0 radical (unpaired) electrons. The summed E-state index contributed by atoms with van der Waals surface area (Å²) in [5.41, 5.74) is 0. The molecule has 0 aliphatic rings. The quantitative estimate of drug-likeness (QED) is 0.685. The summed E-state index contributed by atoms with van der Waals surface area (Å²) >= 11 is 0. The maximum Gasteiger partial charge on any atom is 0.120 e. The predicted octanol–water partition coefficient (Wildman–Crippen LogP) is 1.97. The number of methoxy groups -OCH3 is 1. The Morgan fingerprint density at radius 2 is 2.46 bits per heavy atom. The van der Waals surface area contributed by atoms with Crippen molar-refractivity contribution in [2.24, 2.45) is 0 Å². The fourth-order valence-electron chi connectivity index (χ4n) is 1.17. The highest BCUT2D eigenvalue weighted by Crippen LogP contribution is 2.11. The van der Waals surface area contributed by atoms with E-state index in [1.54, 1.807) is 13.4 Å². The summed E-state index contributed by atoms with van der Waals surface area (Å²) in [4.78, 5) is 0. The van der Waals surface area contributed by atoms with Crippen molar-refractivity contribution in [3.8, 4) is 0 Å². The zero-order chi connectivity index (χ0) is 9.52. The highest BCUT2D eigenvalue weighted by atomic mass is 16.5. The molecule has 0 saturated heterocycles. The van der Waals surface area contributed by atoms with Crippen LogP contribution in [0.4, 0.5) is 0 Å². The summed E-state index contributed by atoms with van der Waals surface area (Å²) in [6, 6.07) is 4.17. The maximum absolute atomic E-state index is 5.26. The van der Waals surface area contributed by atoms with Crippen LogP contribution in [0.5, 0.6) is 0 Å². The van der Waals surface area contributed by atoms with Crippen LogP contribution in [-0.2, 0) is 4.74 Å². The zero-order valence-electron chi connectivity index (χ0n) is 8.25. The second-order valence-corrected chi connectivity index (χ2v) is 3.04. The molecule has 1 rings (SSSR count). The Morgan fingerprint density at radius 3 is 3.08 bits per heavy atom. The van der Waals surface area contributed by atoms with Gasteiger partial charge in [-0.3, -0.25) is 0 Å². The van der Waals surface area contributed by atoms with Crippen LogP contribution in [0, 0.1) is 0 Å². The SMILES string of the molecule is COCCCN[C@@H](C)c1ccco1. The smallest absolute Gasteiger partial charge is 0.120 e. The van der Waals surface area contributed by atoms with Gasteiger partial charge in [0.25, 0.3) is 0 Å². The Bertz CT molecular complexity index is 209. The van der Waals surface area contributed by atoms with Gasteiger partial charge < -0.3 is 14.5 Å². The van der Waals surface area contributed by atoms with E-state index in [2.05, 4.69) is 12.2 Å². The van der Waals surface area contributed by atoms with E-state index in [9.17, 15) is 0 Å². The van der Waals surface area contributed by atoms with Crippen molar-refractivity contribution < 1.29 is 9.15 Å². The minimum Gasteiger partial charge on any atom is -0.468 e. The van der Waals surface area contributed by atoms with E-state index in [0.717, 1.165) is 25.3 Å². The molecule has 0 unspecified atom stereocenters. The summed E-state index contributed by atoms with van der Waals surface area (Å²) < 4.78 is 10.2. The molecule has 0 saturated carbocycles. The fourth-order valence-corrected chi connectivity index (χ4v) is 1.17. The topological polar surface area (TPSA) is 34.4 Å². The second kappa shape index (κ2) is 5.78. The molecule has 1 atom stereocenters. The molecule has 0 bridgehead atoms. The van der Waals surface area contributed by atoms with Crippen LogP contribution in [0.3, 0.4) is 0 Å². The zero-order valence-corrected chi connectivity index (χ0v) is 8.25.